The van der Waals surface area contributed by atoms with Gasteiger partial charge in [0.1, 0.15) is 5.75 Å². The fourth-order valence-corrected chi connectivity index (χ4v) is 4.54. The van der Waals surface area contributed by atoms with Crippen LogP contribution in [-0.2, 0) is 10.0 Å². The van der Waals surface area contributed by atoms with Crippen LogP contribution in [-0.4, -0.2) is 21.4 Å². The normalized spacial score (nSPS) is 11.2. The van der Waals surface area contributed by atoms with Gasteiger partial charge in [0.2, 0.25) is 0 Å². The maximum atomic E-state index is 13.1. The fraction of sp³-hybridized carbons (Fsp3) is 0.0417. The van der Waals surface area contributed by atoms with E-state index in [4.69, 9.17) is 16.3 Å². The quantitative estimate of drug-likeness (QED) is 0.390. The van der Waals surface area contributed by atoms with Crippen molar-refractivity contribution in [2.75, 3.05) is 17.1 Å². The standard InChI is InChI=1S/C24H19ClN2O4S/c1-31-23-15-14-21(18-6-2-3-7-19(18)23)26-24(28)20-8-4-5-9-22(20)27-32(29,30)17-12-10-16(25)11-13-17/h2-15,27H,1H3,(H,26,28). The first-order chi connectivity index (χ1) is 15.4. The van der Waals surface area contributed by atoms with Gasteiger partial charge >= 0.3 is 0 Å². The topological polar surface area (TPSA) is 84.5 Å². The van der Waals surface area contributed by atoms with Gasteiger partial charge in [-0.1, -0.05) is 48.0 Å². The second-order valence-corrected chi connectivity index (χ2v) is 9.04. The molecule has 0 unspecified atom stereocenters. The number of rotatable bonds is 6. The number of benzene rings is 4. The van der Waals surface area contributed by atoms with Crippen LogP contribution in [0, 0.1) is 0 Å². The van der Waals surface area contributed by atoms with Crippen molar-refractivity contribution in [3.63, 3.8) is 0 Å². The number of para-hydroxylation sites is 1. The van der Waals surface area contributed by atoms with Crippen molar-refractivity contribution in [2.45, 2.75) is 4.90 Å². The largest absolute Gasteiger partial charge is 0.496 e. The fourth-order valence-electron chi connectivity index (χ4n) is 3.34. The summed E-state index contributed by atoms with van der Waals surface area (Å²) in [5, 5.41) is 4.96. The molecule has 0 aliphatic rings. The van der Waals surface area contributed by atoms with E-state index in [0.717, 1.165) is 10.8 Å². The molecule has 4 aromatic carbocycles. The number of hydrogen-bond acceptors (Lipinski definition) is 4. The Labute approximate surface area is 190 Å². The molecule has 0 spiro atoms. The molecule has 0 heterocycles. The lowest BCUT2D eigenvalue weighted by Gasteiger charge is -2.15. The minimum atomic E-state index is -3.91. The lowest BCUT2D eigenvalue weighted by Crippen LogP contribution is -2.18. The van der Waals surface area contributed by atoms with E-state index >= 15 is 0 Å². The van der Waals surface area contributed by atoms with E-state index in [-0.39, 0.29) is 16.1 Å². The Kier molecular flexibility index (Phi) is 6.03. The molecule has 0 fully saturated rings. The summed E-state index contributed by atoms with van der Waals surface area (Å²) in [7, 11) is -2.32. The maximum Gasteiger partial charge on any atom is 0.261 e. The number of amides is 1. The number of ether oxygens (including phenoxy) is 1. The lowest BCUT2D eigenvalue weighted by atomic mass is 10.1. The molecule has 2 N–H and O–H groups in total. The minimum absolute atomic E-state index is 0.0401. The first-order valence-corrected chi connectivity index (χ1v) is 11.5. The number of carbonyl (C=O) groups is 1. The van der Waals surface area contributed by atoms with E-state index in [1.165, 1.54) is 30.3 Å². The second-order valence-electron chi connectivity index (χ2n) is 6.92. The third-order valence-electron chi connectivity index (χ3n) is 4.89. The van der Waals surface area contributed by atoms with Crippen LogP contribution in [0.25, 0.3) is 10.8 Å². The number of fused-ring (bicyclic) bond motifs is 1. The van der Waals surface area contributed by atoms with Crippen molar-refractivity contribution < 1.29 is 17.9 Å². The zero-order valence-electron chi connectivity index (χ0n) is 17.0. The van der Waals surface area contributed by atoms with Gasteiger partial charge in [0.15, 0.2) is 0 Å². The molecule has 0 bridgehead atoms. The van der Waals surface area contributed by atoms with Gasteiger partial charge in [-0.15, -0.1) is 0 Å². The van der Waals surface area contributed by atoms with Crippen LogP contribution in [0.4, 0.5) is 11.4 Å². The van der Waals surface area contributed by atoms with E-state index in [0.29, 0.717) is 16.5 Å². The number of sulfonamides is 1. The van der Waals surface area contributed by atoms with Crippen molar-refractivity contribution in [1.29, 1.82) is 0 Å². The highest BCUT2D eigenvalue weighted by Crippen LogP contribution is 2.32. The van der Waals surface area contributed by atoms with E-state index < -0.39 is 15.9 Å². The second kappa shape index (κ2) is 8.90. The van der Waals surface area contributed by atoms with Crippen LogP contribution in [0.3, 0.4) is 0 Å². The summed E-state index contributed by atoms with van der Waals surface area (Å²) < 4.78 is 33.5. The first-order valence-electron chi connectivity index (χ1n) is 9.63. The van der Waals surface area contributed by atoms with Crippen LogP contribution in [0.15, 0.2) is 89.8 Å². The van der Waals surface area contributed by atoms with Crippen molar-refractivity contribution in [2.24, 2.45) is 0 Å². The molecule has 6 nitrogen and oxygen atoms in total. The predicted molar refractivity (Wildman–Crippen MR) is 127 cm³/mol. The molecular weight excluding hydrogens is 448 g/mol. The Bertz CT molecular complexity index is 1400. The van der Waals surface area contributed by atoms with Crippen molar-refractivity contribution >= 4 is 49.7 Å². The summed E-state index contributed by atoms with van der Waals surface area (Å²) in [6, 6.07) is 23.2. The summed E-state index contributed by atoms with van der Waals surface area (Å²) in [5.74, 6) is 0.240. The average Bonchev–Trinajstić information content (AvgIpc) is 2.79. The van der Waals surface area contributed by atoms with E-state index in [1.807, 2.05) is 24.3 Å². The van der Waals surface area contributed by atoms with Gasteiger partial charge < -0.3 is 10.1 Å². The zero-order valence-corrected chi connectivity index (χ0v) is 18.6. The van der Waals surface area contributed by atoms with Crippen molar-refractivity contribution in [1.82, 2.24) is 0 Å². The molecule has 0 radical (unpaired) electrons. The molecule has 0 aromatic heterocycles. The highest BCUT2D eigenvalue weighted by Gasteiger charge is 2.19. The molecule has 0 atom stereocenters. The molecule has 1 amide bonds. The zero-order chi connectivity index (χ0) is 22.7. The third kappa shape index (κ3) is 4.39. The van der Waals surface area contributed by atoms with Crippen LogP contribution >= 0.6 is 11.6 Å². The van der Waals surface area contributed by atoms with Gasteiger partial charge in [-0.25, -0.2) is 8.42 Å². The molecule has 0 aliphatic heterocycles. The van der Waals surface area contributed by atoms with E-state index in [2.05, 4.69) is 10.0 Å². The molecular formula is C24H19ClN2O4S. The number of hydrogen-bond donors (Lipinski definition) is 2. The number of halogens is 1. The van der Waals surface area contributed by atoms with E-state index in [9.17, 15) is 13.2 Å². The number of anilines is 2. The summed E-state index contributed by atoms with van der Waals surface area (Å²) in [6.07, 6.45) is 0. The molecule has 0 aliphatic carbocycles. The minimum Gasteiger partial charge on any atom is -0.496 e. The Morgan fingerprint density at radius 3 is 2.19 bits per heavy atom. The smallest absolute Gasteiger partial charge is 0.261 e. The molecule has 32 heavy (non-hydrogen) atoms. The molecule has 4 aromatic rings. The summed E-state index contributed by atoms with van der Waals surface area (Å²) in [4.78, 5) is 13.1. The Balaban J connectivity index is 1.65. The summed E-state index contributed by atoms with van der Waals surface area (Å²) >= 11 is 5.85. The average molecular weight is 467 g/mol. The van der Waals surface area contributed by atoms with Gasteiger partial charge in [-0.05, 0) is 48.5 Å². The SMILES string of the molecule is COc1ccc(NC(=O)c2ccccc2NS(=O)(=O)c2ccc(Cl)cc2)c2ccccc12. The predicted octanol–water partition coefficient (Wildman–Crippen LogP) is 5.55. The third-order valence-corrected chi connectivity index (χ3v) is 6.53. The first kappa shape index (κ1) is 21.7. The van der Waals surface area contributed by atoms with Gasteiger partial charge in [-0.3, -0.25) is 9.52 Å². The highest BCUT2D eigenvalue weighted by atomic mass is 35.5. The van der Waals surface area contributed by atoms with Gasteiger partial charge in [0.25, 0.3) is 15.9 Å². The Morgan fingerprint density at radius 1 is 0.812 bits per heavy atom. The van der Waals surface area contributed by atoms with Crippen molar-refractivity contribution in [3.05, 3.63) is 95.5 Å². The highest BCUT2D eigenvalue weighted by molar-refractivity contribution is 7.92. The van der Waals surface area contributed by atoms with Gasteiger partial charge in [0.05, 0.1) is 23.3 Å². The number of carbonyl (C=O) groups excluding carboxylic acids is 1. The Morgan fingerprint density at radius 2 is 1.47 bits per heavy atom. The van der Waals surface area contributed by atoms with Crippen LogP contribution in [0.5, 0.6) is 5.75 Å². The molecule has 4 rings (SSSR count). The van der Waals surface area contributed by atoms with Gasteiger partial charge in [-0.2, -0.15) is 0 Å². The van der Waals surface area contributed by atoms with E-state index in [1.54, 1.807) is 37.4 Å². The summed E-state index contributed by atoms with van der Waals surface area (Å²) in [5.41, 5.74) is 0.935. The Hall–Kier alpha value is -3.55. The van der Waals surface area contributed by atoms with Crippen LogP contribution < -0.4 is 14.8 Å². The van der Waals surface area contributed by atoms with Crippen LogP contribution in [0.1, 0.15) is 10.4 Å². The molecule has 8 heteroatoms. The summed E-state index contributed by atoms with van der Waals surface area (Å²) in [6.45, 7) is 0. The maximum absolute atomic E-state index is 13.1. The van der Waals surface area contributed by atoms with Crippen molar-refractivity contribution in [3.8, 4) is 5.75 Å². The molecule has 0 saturated carbocycles. The monoisotopic (exact) mass is 466 g/mol. The molecule has 162 valence electrons. The van der Waals surface area contributed by atoms with Crippen LogP contribution in [0.2, 0.25) is 5.02 Å². The molecule has 0 saturated heterocycles. The number of nitrogens with one attached hydrogen (secondary N) is 2. The lowest BCUT2D eigenvalue weighted by molar-refractivity contribution is 0.102. The van der Waals surface area contributed by atoms with Gasteiger partial charge in [0, 0.05) is 21.5 Å². The number of methoxy groups -OCH3 is 1.